The normalized spacial score (nSPS) is 9.22. The molecule has 0 aliphatic rings. The van der Waals surface area contributed by atoms with Crippen molar-refractivity contribution in [3.63, 3.8) is 0 Å². The third kappa shape index (κ3) is 4.15. The maximum absolute atomic E-state index is 10.3. The van der Waals surface area contributed by atoms with Crippen LogP contribution in [0, 0.1) is 0 Å². The number of benzene rings is 2. The Kier molecular flexibility index (Phi) is 6.44. The molecule has 2 nitrogen and oxygen atoms in total. The van der Waals surface area contributed by atoms with Gasteiger partial charge in [-0.25, -0.2) is 0 Å². The molecule has 0 spiro atoms. The highest BCUT2D eigenvalue weighted by molar-refractivity contribution is 5.63. The van der Waals surface area contributed by atoms with Crippen LogP contribution in [-0.4, -0.2) is 18.5 Å². The number of aryl methyl sites for hydroxylation is 1. The molecule has 0 fully saturated rings. The number of carbonyl (C=O) groups excluding carboxylic acids is 1. The fourth-order valence-corrected chi connectivity index (χ4v) is 1.72. The van der Waals surface area contributed by atoms with E-state index in [2.05, 4.69) is 36.4 Å². The summed E-state index contributed by atoms with van der Waals surface area (Å²) in [7, 11) is 1.00. The Morgan fingerprint density at radius 1 is 0.889 bits per heavy atom. The Morgan fingerprint density at radius 2 is 1.44 bits per heavy atom. The monoisotopic (exact) mass is 242 g/mol. The SMILES string of the molecule is CO.O=CCCc1ccc(-c2ccccc2)cc1. The smallest absolute Gasteiger partial charge is 0.120 e. The molecule has 2 aromatic rings. The van der Waals surface area contributed by atoms with Gasteiger partial charge >= 0.3 is 0 Å². The summed E-state index contributed by atoms with van der Waals surface area (Å²) in [5.74, 6) is 0. The number of hydrogen-bond acceptors (Lipinski definition) is 2. The number of aliphatic hydroxyl groups excluding tert-OH is 1. The van der Waals surface area contributed by atoms with Crippen LogP contribution in [0.4, 0.5) is 0 Å². The maximum Gasteiger partial charge on any atom is 0.120 e. The summed E-state index contributed by atoms with van der Waals surface area (Å²) in [5.41, 5.74) is 3.66. The van der Waals surface area contributed by atoms with Crippen molar-refractivity contribution in [3.05, 3.63) is 60.2 Å². The van der Waals surface area contributed by atoms with Gasteiger partial charge in [-0.3, -0.25) is 0 Å². The Bertz CT molecular complexity index is 446. The van der Waals surface area contributed by atoms with Crippen LogP contribution in [0.25, 0.3) is 11.1 Å². The molecule has 0 aromatic heterocycles. The van der Waals surface area contributed by atoms with Crippen LogP contribution in [0.5, 0.6) is 0 Å². The number of aldehydes is 1. The molecule has 1 N–H and O–H groups in total. The molecule has 0 radical (unpaired) electrons. The van der Waals surface area contributed by atoms with Gasteiger partial charge in [-0.1, -0.05) is 54.6 Å². The van der Waals surface area contributed by atoms with E-state index >= 15 is 0 Å². The van der Waals surface area contributed by atoms with Crippen molar-refractivity contribution in [2.45, 2.75) is 12.8 Å². The number of carbonyl (C=O) groups is 1. The van der Waals surface area contributed by atoms with Gasteiger partial charge in [0.2, 0.25) is 0 Å². The molecule has 2 aromatic carbocycles. The molecule has 0 aliphatic carbocycles. The molecular weight excluding hydrogens is 224 g/mol. The first-order valence-electron chi connectivity index (χ1n) is 5.93. The molecule has 0 atom stereocenters. The molecule has 0 amide bonds. The minimum atomic E-state index is 0.602. The predicted molar refractivity (Wildman–Crippen MR) is 74.4 cm³/mol. The van der Waals surface area contributed by atoms with E-state index in [1.54, 1.807) is 0 Å². The molecule has 2 heteroatoms. The van der Waals surface area contributed by atoms with Crippen molar-refractivity contribution in [1.29, 1.82) is 0 Å². The van der Waals surface area contributed by atoms with Crippen molar-refractivity contribution in [1.82, 2.24) is 0 Å². The molecule has 2 rings (SSSR count). The van der Waals surface area contributed by atoms with Gasteiger partial charge in [0.05, 0.1) is 0 Å². The second kappa shape index (κ2) is 8.20. The van der Waals surface area contributed by atoms with Gasteiger partial charge in [0.1, 0.15) is 6.29 Å². The standard InChI is InChI=1S/C15H14O.CH4O/c16-12-4-5-13-8-10-15(11-9-13)14-6-2-1-3-7-14;1-2/h1-3,6-12H,4-5H2;2H,1H3. The number of hydrogen-bond donors (Lipinski definition) is 1. The average molecular weight is 242 g/mol. The van der Waals surface area contributed by atoms with E-state index in [1.807, 2.05) is 18.2 Å². The van der Waals surface area contributed by atoms with Gasteiger partial charge < -0.3 is 9.90 Å². The summed E-state index contributed by atoms with van der Waals surface area (Å²) >= 11 is 0. The summed E-state index contributed by atoms with van der Waals surface area (Å²) in [6.45, 7) is 0. The lowest BCUT2D eigenvalue weighted by atomic mass is 10.0. The lowest BCUT2D eigenvalue weighted by Gasteiger charge is -2.03. The molecule has 0 aliphatic heterocycles. The highest BCUT2D eigenvalue weighted by Crippen LogP contribution is 2.19. The van der Waals surface area contributed by atoms with Crippen molar-refractivity contribution in [2.75, 3.05) is 7.11 Å². The van der Waals surface area contributed by atoms with E-state index < -0.39 is 0 Å². The van der Waals surface area contributed by atoms with E-state index in [4.69, 9.17) is 5.11 Å². The zero-order chi connectivity index (χ0) is 13.2. The van der Waals surface area contributed by atoms with Crippen LogP contribution in [0.2, 0.25) is 0 Å². The highest BCUT2D eigenvalue weighted by Gasteiger charge is 1.96. The molecule has 0 unspecified atom stereocenters. The fraction of sp³-hybridized carbons (Fsp3) is 0.188. The predicted octanol–water partition coefficient (Wildman–Crippen LogP) is 3.09. The summed E-state index contributed by atoms with van der Waals surface area (Å²) in [6.07, 6.45) is 2.40. The largest absolute Gasteiger partial charge is 0.400 e. The Hall–Kier alpha value is -1.93. The molecule has 0 bridgehead atoms. The van der Waals surface area contributed by atoms with Gasteiger partial charge in [-0.15, -0.1) is 0 Å². The van der Waals surface area contributed by atoms with Gasteiger partial charge in [-0.05, 0) is 23.1 Å². The van der Waals surface area contributed by atoms with Gasteiger partial charge in [0.25, 0.3) is 0 Å². The number of aliphatic hydroxyl groups is 1. The van der Waals surface area contributed by atoms with Gasteiger partial charge in [0, 0.05) is 13.5 Å². The fourth-order valence-electron chi connectivity index (χ4n) is 1.72. The minimum Gasteiger partial charge on any atom is -0.400 e. The summed E-state index contributed by atoms with van der Waals surface area (Å²) in [4.78, 5) is 10.3. The van der Waals surface area contributed by atoms with Crippen LogP contribution in [0.15, 0.2) is 54.6 Å². The highest BCUT2D eigenvalue weighted by atomic mass is 16.2. The zero-order valence-corrected chi connectivity index (χ0v) is 10.5. The van der Waals surface area contributed by atoms with Crippen LogP contribution < -0.4 is 0 Å². The first kappa shape index (κ1) is 14.1. The minimum absolute atomic E-state index is 0.602. The summed E-state index contributed by atoms with van der Waals surface area (Å²) in [6, 6.07) is 18.7. The number of rotatable bonds is 4. The van der Waals surface area contributed by atoms with E-state index in [0.717, 1.165) is 19.8 Å². The lowest BCUT2D eigenvalue weighted by Crippen LogP contribution is -1.86. The van der Waals surface area contributed by atoms with E-state index in [-0.39, 0.29) is 0 Å². The average Bonchev–Trinajstić information content (AvgIpc) is 2.49. The molecule has 0 saturated carbocycles. The Balaban J connectivity index is 0.000000771. The van der Waals surface area contributed by atoms with Crippen molar-refractivity contribution < 1.29 is 9.90 Å². The van der Waals surface area contributed by atoms with Crippen molar-refractivity contribution in [2.24, 2.45) is 0 Å². The van der Waals surface area contributed by atoms with E-state index in [0.29, 0.717) is 6.42 Å². The zero-order valence-electron chi connectivity index (χ0n) is 10.5. The van der Waals surface area contributed by atoms with Crippen LogP contribution in [-0.2, 0) is 11.2 Å². The van der Waals surface area contributed by atoms with Gasteiger partial charge in [-0.2, -0.15) is 0 Å². The molecule has 0 saturated heterocycles. The third-order valence-electron chi connectivity index (χ3n) is 2.61. The third-order valence-corrected chi connectivity index (χ3v) is 2.61. The molecule has 94 valence electrons. The van der Waals surface area contributed by atoms with Crippen LogP contribution in [0.3, 0.4) is 0 Å². The van der Waals surface area contributed by atoms with Crippen LogP contribution in [0.1, 0.15) is 12.0 Å². The first-order chi connectivity index (χ1) is 8.90. The molecule has 18 heavy (non-hydrogen) atoms. The van der Waals surface area contributed by atoms with E-state index in [9.17, 15) is 4.79 Å². The van der Waals surface area contributed by atoms with Crippen molar-refractivity contribution >= 4 is 6.29 Å². The first-order valence-corrected chi connectivity index (χ1v) is 5.93. The van der Waals surface area contributed by atoms with Gasteiger partial charge in [0.15, 0.2) is 0 Å². The lowest BCUT2D eigenvalue weighted by molar-refractivity contribution is -0.107. The maximum atomic E-state index is 10.3. The van der Waals surface area contributed by atoms with Crippen molar-refractivity contribution in [3.8, 4) is 11.1 Å². The summed E-state index contributed by atoms with van der Waals surface area (Å²) < 4.78 is 0. The topological polar surface area (TPSA) is 37.3 Å². The van der Waals surface area contributed by atoms with E-state index in [1.165, 1.54) is 16.7 Å². The Morgan fingerprint density at radius 3 is 2.00 bits per heavy atom. The second-order valence-electron chi connectivity index (χ2n) is 3.77. The Labute approximate surface area is 108 Å². The molecule has 0 heterocycles. The second-order valence-corrected chi connectivity index (χ2v) is 3.77. The molecular formula is C16H18O2. The quantitative estimate of drug-likeness (QED) is 0.836. The summed E-state index contributed by atoms with van der Waals surface area (Å²) in [5, 5.41) is 7.00. The van der Waals surface area contributed by atoms with Crippen LogP contribution >= 0.6 is 0 Å².